The van der Waals surface area contributed by atoms with Crippen molar-refractivity contribution in [3.63, 3.8) is 0 Å². The lowest BCUT2D eigenvalue weighted by Gasteiger charge is -2.16. The average Bonchev–Trinajstić information content (AvgIpc) is 3.59. The van der Waals surface area contributed by atoms with E-state index in [0.29, 0.717) is 49.2 Å². The third-order valence-electron chi connectivity index (χ3n) is 6.47. The molecule has 38 heavy (non-hydrogen) atoms. The normalized spacial score (nSPS) is 16.8. The van der Waals surface area contributed by atoms with Crippen LogP contribution in [0.3, 0.4) is 0 Å². The van der Waals surface area contributed by atoms with E-state index in [0.717, 1.165) is 11.1 Å². The van der Waals surface area contributed by atoms with Crippen molar-refractivity contribution in [2.75, 3.05) is 19.7 Å². The lowest BCUT2D eigenvalue weighted by atomic mass is 9.90. The van der Waals surface area contributed by atoms with Gasteiger partial charge in [-0.25, -0.2) is 4.79 Å². The molecule has 0 aliphatic carbocycles. The highest BCUT2D eigenvalue weighted by Crippen LogP contribution is 2.29. The van der Waals surface area contributed by atoms with Crippen LogP contribution in [0.5, 0.6) is 11.5 Å². The highest BCUT2D eigenvalue weighted by Gasteiger charge is 2.40. The van der Waals surface area contributed by atoms with Gasteiger partial charge in [0, 0.05) is 25.1 Å². The van der Waals surface area contributed by atoms with E-state index in [1.807, 2.05) is 60.7 Å². The van der Waals surface area contributed by atoms with E-state index in [2.05, 4.69) is 10.1 Å². The molecule has 1 N–H and O–H groups in total. The van der Waals surface area contributed by atoms with E-state index in [9.17, 15) is 14.7 Å². The van der Waals surface area contributed by atoms with Crippen molar-refractivity contribution in [1.29, 1.82) is 0 Å². The minimum absolute atomic E-state index is 0.120. The molecule has 0 radical (unpaired) electrons. The number of rotatable bonds is 9. The van der Waals surface area contributed by atoms with E-state index in [4.69, 9.17) is 14.0 Å². The van der Waals surface area contributed by atoms with E-state index in [-0.39, 0.29) is 12.5 Å². The van der Waals surface area contributed by atoms with Gasteiger partial charge in [-0.05, 0) is 54.3 Å². The van der Waals surface area contributed by atoms with Crippen LogP contribution in [0.2, 0.25) is 0 Å². The summed E-state index contributed by atoms with van der Waals surface area (Å²) >= 11 is 0. The molecule has 9 heteroatoms. The molecule has 1 fully saturated rings. The van der Waals surface area contributed by atoms with Gasteiger partial charge >= 0.3 is 12.1 Å². The number of para-hydroxylation sites is 1. The topological polar surface area (TPSA) is 115 Å². The van der Waals surface area contributed by atoms with Crippen LogP contribution in [0.4, 0.5) is 4.79 Å². The molecule has 1 amide bonds. The predicted molar refractivity (Wildman–Crippen MR) is 138 cm³/mol. The molecule has 0 bridgehead atoms. The first-order valence-corrected chi connectivity index (χ1v) is 12.4. The second-order valence-corrected chi connectivity index (χ2v) is 9.12. The first-order chi connectivity index (χ1) is 18.5. The first kappa shape index (κ1) is 25.0. The molecule has 1 aliphatic heterocycles. The quantitative estimate of drug-likeness (QED) is 0.342. The lowest BCUT2D eigenvalue weighted by molar-refractivity contribution is -0.142. The molecule has 1 saturated heterocycles. The Labute approximate surface area is 219 Å². The SMILES string of the molecule is O=C(O)[C@H]1CN(C(=O)Oc2ccccc2)C[C@H]1Cc1ccc(OCCc2noc(-c3ccccc3)n2)cc1. The molecule has 4 aromatic rings. The van der Waals surface area contributed by atoms with Gasteiger partial charge in [0.2, 0.25) is 0 Å². The summed E-state index contributed by atoms with van der Waals surface area (Å²) in [4.78, 5) is 30.3. The maximum absolute atomic E-state index is 12.6. The van der Waals surface area contributed by atoms with Gasteiger partial charge in [-0.15, -0.1) is 0 Å². The molecule has 0 spiro atoms. The smallest absolute Gasteiger partial charge is 0.415 e. The van der Waals surface area contributed by atoms with Crippen LogP contribution in [0, 0.1) is 11.8 Å². The van der Waals surface area contributed by atoms with Crippen molar-refractivity contribution >= 4 is 12.1 Å². The Morgan fingerprint density at radius 1 is 0.921 bits per heavy atom. The molecule has 1 aromatic heterocycles. The van der Waals surface area contributed by atoms with Gasteiger partial charge in [-0.3, -0.25) is 4.79 Å². The minimum Gasteiger partial charge on any atom is -0.493 e. The van der Waals surface area contributed by atoms with Crippen molar-refractivity contribution in [3.05, 3.63) is 96.3 Å². The van der Waals surface area contributed by atoms with Crippen molar-refractivity contribution in [3.8, 4) is 23.0 Å². The van der Waals surface area contributed by atoms with E-state index in [1.54, 1.807) is 24.3 Å². The molecular weight excluding hydrogens is 486 g/mol. The van der Waals surface area contributed by atoms with E-state index in [1.165, 1.54) is 4.90 Å². The van der Waals surface area contributed by atoms with Crippen LogP contribution < -0.4 is 9.47 Å². The molecule has 9 nitrogen and oxygen atoms in total. The van der Waals surface area contributed by atoms with Gasteiger partial charge in [0.25, 0.3) is 5.89 Å². The number of aliphatic carboxylic acids is 1. The van der Waals surface area contributed by atoms with E-state index < -0.39 is 18.0 Å². The zero-order valence-electron chi connectivity index (χ0n) is 20.6. The monoisotopic (exact) mass is 513 g/mol. The number of aromatic nitrogens is 2. The third-order valence-corrected chi connectivity index (χ3v) is 6.47. The summed E-state index contributed by atoms with van der Waals surface area (Å²) in [5.41, 5.74) is 1.84. The van der Waals surface area contributed by atoms with E-state index >= 15 is 0 Å². The number of likely N-dealkylation sites (tertiary alicyclic amines) is 1. The van der Waals surface area contributed by atoms with Gasteiger partial charge < -0.3 is 24.0 Å². The maximum atomic E-state index is 12.6. The van der Waals surface area contributed by atoms with Gasteiger partial charge in [0.15, 0.2) is 5.82 Å². The van der Waals surface area contributed by atoms with Crippen LogP contribution in [0.1, 0.15) is 11.4 Å². The summed E-state index contributed by atoms with van der Waals surface area (Å²) in [6.45, 7) is 0.820. The summed E-state index contributed by atoms with van der Waals surface area (Å²) in [6.07, 6.45) is 0.485. The number of amides is 1. The number of ether oxygens (including phenoxy) is 2. The Bertz CT molecular complexity index is 1360. The zero-order valence-corrected chi connectivity index (χ0v) is 20.6. The Hall–Kier alpha value is -4.66. The number of hydrogen-bond donors (Lipinski definition) is 1. The Morgan fingerprint density at radius 2 is 1.63 bits per heavy atom. The number of carbonyl (C=O) groups is 2. The number of benzene rings is 3. The van der Waals surface area contributed by atoms with Crippen LogP contribution in [-0.2, 0) is 17.6 Å². The molecule has 2 atom stereocenters. The van der Waals surface area contributed by atoms with Gasteiger partial charge in [0.1, 0.15) is 11.5 Å². The highest BCUT2D eigenvalue weighted by molar-refractivity contribution is 5.75. The Morgan fingerprint density at radius 3 is 2.34 bits per heavy atom. The van der Waals surface area contributed by atoms with Crippen molar-refractivity contribution in [1.82, 2.24) is 15.0 Å². The summed E-state index contributed by atoms with van der Waals surface area (Å²) in [7, 11) is 0. The van der Waals surface area contributed by atoms with Crippen LogP contribution in [-0.4, -0.2) is 51.9 Å². The van der Waals surface area contributed by atoms with Gasteiger partial charge in [-0.1, -0.05) is 53.7 Å². The molecular formula is C29H27N3O6. The minimum atomic E-state index is -0.915. The first-order valence-electron chi connectivity index (χ1n) is 12.4. The van der Waals surface area contributed by atoms with Gasteiger partial charge in [0.05, 0.1) is 12.5 Å². The standard InChI is InChI=1S/C29H27N3O6/c33-28(34)25-19-32(29(35)37-24-9-5-2-6-10-24)18-22(25)17-20-11-13-23(14-12-20)36-16-15-26-30-27(38-31-26)21-7-3-1-4-8-21/h1-14,22,25H,15-19H2,(H,33,34)/t22-,25+/m1/s1. The van der Waals surface area contributed by atoms with Crippen molar-refractivity contribution in [2.45, 2.75) is 12.8 Å². The largest absolute Gasteiger partial charge is 0.493 e. The molecule has 194 valence electrons. The summed E-state index contributed by atoms with van der Waals surface area (Å²) in [5.74, 6) is 0.362. The molecule has 0 saturated carbocycles. The molecule has 2 heterocycles. The predicted octanol–water partition coefficient (Wildman–Crippen LogP) is 4.73. The number of hydrogen-bond acceptors (Lipinski definition) is 7. The zero-order chi connectivity index (χ0) is 26.3. The van der Waals surface area contributed by atoms with Crippen LogP contribution >= 0.6 is 0 Å². The highest BCUT2D eigenvalue weighted by atomic mass is 16.6. The fourth-order valence-corrected chi connectivity index (χ4v) is 4.50. The summed E-state index contributed by atoms with van der Waals surface area (Å²) < 4.78 is 16.5. The molecule has 5 rings (SSSR count). The fraction of sp³-hybridized carbons (Fsp3) is 0.241. The van der Waals surface area contributed by atoms with Crippen molar-refractivity contribution in [2.24, 2.45) is 11.8 Å². The maximum Gasteiger partial charge on any atom is 0.415 e. The lowest BCUT2D eigenvalue weighted by Crippen LogP contribution is -2.32. The number of nitrogens with zero attached hydrogens (tertiary/aromatic N) is 3. The molecule has 3 aromatic carbocycles. The third kappa shape index (κ3) is 6.18. The molecule has 1 aliphatic rings. The number of carboxylic acid groups (broad SMARTS) is 1. The number of carbonyl (C=O) groups excluding carboxylic acids is 1. The second kappa shape index (κ2) is 11.6. The second-order valence-electron chi connectivity index (χ2n) is 9.12. The number of carboxylic acids is 1. The fourth-order valence-electron chi connectivity index (χ4n) is 4.50. The molecule has 0 unspecified atom stereocenters. The Kier molecular flexibility index (Phi) is 7.63. The summed E-state index contributed by atoms with van der Waals surface area (Å²) in [6, 6.07) is 25.9. The average molecular weight is 514 g/mol. The Balaban J connectivity index is 1.12. The van der Waals surface area contributed by atoms with Gasteiger partial charge in [-0.2, -0.15) is 4.98 Å². The summed E-state index contributed by atoms with van der Waals surface area (Å²) in [5, 5.41) is 13.7. The van der Waals surface area contributed by atoms with Crippen molar-refractivity contribution < 1.29 is 28.7 Å². The van der Waals surface area contributed by atoms with Crippen LogP contribution in [0.15, 0.2) is 89.5 Å². The van der Waals surface area contributed by atoms with Crippen LogP contribution in [0.25, 0.3) is 11.5 Å².